The highest BCUT2D eigenvalue weighted by Crippen LogP contribution is 2.08. The van der Waals surface area contributed by atoms with Gasteiger partial charge in [-0.15, -0.1) is 0 Å². The Bertz CT molecular complexity index is 466. The fraction of sp³-hybridized carbons (Fsp3) is 0.467. The minimum absolute atomic E-state index is 0.00408. The predicted molar refractivity (Wildman–Crippen MR) is 73.9 cm³/mol. The van der Waals surface area contributed by atoms with Crippen molar-refractivity contribution < 1.29 is 9.90 Å². The van der Waals surface area contributed by atoms with Gasteiger partial charge < -0.3 is 5.11 Å². The van der Waals surface area contributed by atoms with Crippen LogP contribution in [0.15, 0.2) is 24.3 Å². The van der Waals surface area contributed by atoms with E-state index in [1.807, 2.05) is 17.9 Å². The van der Waals surface area contributed by atoms with E-state index in [0.29, 0.717) is 24.2 Å². The Morgan fingerprint density at radius 2 is 1.95 bits per heavy atom. The highest BCUT2D eigenvalue weighted by molar-refractivity contribution is 5.97. The Balaban J connectivity index is 2.69. The van der Waals surface area contributed by atoms with E-state index >= 15 is 0 Å². The van der Waals surface area contributed by atoms with Crippen molar-refractivity contribution in [2.45, 2.75) is 26.4 Å². The van der Waals surface area contributed by atoms with Gasteiger partial charge in [0.2, 0.25) is 0 Å². The van der Waals surface area contributed by atoms with Crippen molar-refractivity contribution in [2.75, 3.05) is 19.6 Å². The van der Waals surface area contributed by atoms with Crippen molar-refractivity contribution in [2.24, 2.45) is 0 Å². The number of carbonyl (C=O) groups excluding carboxylic acids is 1. The molecule has 0 saturated carbocycles. The number of rotatable bonds is 6. The molecule has 0 spiro atoms. The van der Waals surface area contributed by atoms with E-state index in [1.54, 1.807) is 38.1 Å². The molecule has 4 nitrogen and oxygen atoms in total. The van der Waals surface area contributed by atoms with Crippen LogP contribution in [0.25, 0.3) is 0 Å². The standard InChI is InChI=1S/C15H20N2O2/c1-4-17(11-15(2,3)19)10-14(18)13-7-5-12(9-16)6-8-13/h5-8,19H,4,10-11H2,1-3H3. The first-order valence-corrected chi connectivity index (χ1v) is 6.34. The zero-order chi connectivity index (χ0) is 14.5. The summed E-state index contributed by atoms with van der Waals surface area (Å²) in [6, 6.07) is 8.63. The van der Waals surface area contributed by atoms with Crippen LogP contribution in [-0.2, 0) is 0 Å². The van der Waals surface area contributed by atoms with E-state index in [4.69, 9.17) is 5.26 Å². The third-order valence-electron chi connectivity index (χ3n) is 2.76. The molecule has 0 aromatic heterocycles. The second kappa shape index (κ2) is 6.46. The number of carbonyl (C=O) groups is 1. The molecular formula is C15H20N2O2. The lowest BCUT2D eigenvalue weighted by molar-refractivity contribution is 0.0376. The fourth-order valence-corrected chi connectivity index (χ4v) is 1.85. The number of likely N-dealkylation sites (N-methyl/N-ethyl adjacent to an activating group) is 1. The average molecular weight is 260 g/mol. The number of ketones is 1. The summed E-state index contributed by atoms with van der Waals surface area (Å²) in [6.07, 6.45) is 0. The summed E-state index contributed by atoms with van der Waals surface area (Å²) in [6.45, 7) is 6.82. The van der Waals surface area contributed by atoms with Crippen LogP contribution >= 0.6 is 0 Å². The second-order valence-electron chi connectivity index (χ2n) is 5.23. The van der Waals surface area contributed by atoms with Gasteiger partial charge in [0.05, 0.1) is 23.8 Å². The van der Waals surface area contributed by atoms with Gasteiger partial charge in [-0.25, -0.2) is 0 Å². The number of benzene rings is 1. The van der Waals surface area contributed by atoms with E-state index in [9.17, 15) is 9.90 Å². The third kappa shape index (κ3) is 5.21. The number of hydrogen-bond donors (Lipinski definition) is 1. The largest absolute Gasteiger partial charge is 0.389 e. The van der Waals surface area contributed by atoms with Gasteiger partial charge in [0.15, 0.2) is 5.78 Å². The maximum absolute atomic E-state index is 12.1. The van der Waals surface area contributed by atoms with Crippen LogP contribution < -0.4 is 0 Å². The number of nitriles is 1. The summed E-state index contributed by atoms with van der Waals surface area (Å²) in [5.74, 6) is -0.00408. The summed E-state index contributed by atoms with van der Waals surface area (Å²) < 4.78 is 0. The molecule has 0 aliphatic heterocycles. The first-order valence-electron chi connectivity index (χ1n) is 6.34. The summed E-state index contributed by atoms with van der Waals surface area (Å²) in [7, 11) is 0. The lowest BCUT2D eigenvalue weighted by atomic mass is 10.1. The van der Waals surface area contributed by atoms with E-state index in [1.165, 1.54) is 0 Å². The Hall–Kier alpha value is -1.70. The first-order chi connectivity index (χ1) is 8.85. The van der Waals surface area contributed by atoms with E-state index < -0.39 is 5.60 Å². The Labute approximate surface area is 114 Å². The molecule has 0 radical (unpaired) electrons. The van der Waals surface area contributed by atoms with E-state index in [2.05, 4.69) is 0 Å². The van der Waals surface area contributed by atoms with Gasteiger partial charge in [-0.2, -0.15) is 5.26 Å². The number of Topliss-reactive ketones (excluding diaryl/α,β-unsaturated/α-hetero) is 1. The zero-order valence-electron chi connectivity index (χ0n) is 11.7. The molecule has 1 aromatic carbocycles. The van der Waals surface area contributed by atoms with Gasteiger partial charge in [-0.3, -0.25) is 9.69 Å². The lowest BCUT2D eigenvalue weighted by Gasteiger charge is -2.27. The highest BCUT2D eigenvalue weighted by atomic mass is 16.3. The molecule has 0 fully saturated rings. The van der Waals surface area contributed by atoms with Crippen molar-refractivity contribution >= 4 is 5.78 Å². The predicted octanol–water partition coefficient (Wildman–Crippen LogP) is 1.83. The van der Waals surface area contributed by atoms with Crippen molar-refractivity contribution in [3.05, 3.63) is 35.4 Å². The quantitative estimate of drug-likeness (QED) is 0.793. The van der Waals surface area contributed by atoms with Gasteiger partial charge in [-0.1, -0.05) is 19.1 Å². The number of nitrogens with zero attached hydrogens (tertiary/aromatic N) is 2. The topological polar surface area (TPSA) is 64.3 Å². The Kier molecular flexibility index (Phi) is 5.22. The van der Waals surface area contributed by atoms with Crippen molar-refractivity contribution in [1.29, 1.82) is 5.26 Å². The molecule has 1 rings (SSSR count). The van der Waals surface area contributed by atoms with E-state index in [-0.39, 0.29) is 12.3 Å². The highest BCUT2D eigenvalue weighted by Gasteiger charge is 2.19. The van der Waals surface area contributed by atoms with Gasteiger partial charge in [0, 0.05) is 12.1 Å². The zero-order valence-corrected chi connectivity index (χ0v) is 11.7. The molecule has 0 aliphatic rings. The van der Waals surface area contributed by atoms with Crippen LogP contribution in [0.4, 0.5) is 0 Å². The molecule has 0 heterocycles. The smallest absolute Gasteiger partial charge is 0.176 e. The first kappa shape index (κ1) is 15.4. The monoisotopic (exact) mass is 260 g/mol. The maximum Gasteiger partial charge on any atom is 0.176 e. The minimum Gasteiger partial charge on any atom is -0.389 e. The minimum atomic E-state index is -0.818. The molecule has 1 aromatic rings. The molecule has 4 heteroatoms. The van der Waals surface area contributed by atoms with Gasteiger partial charge in [-0.05, 0) is 32.5 Å². The summed E-state index contributed by atoms with van der Waals surface area (Å²) >= 11 is 0. The van der Waals surface area contributed by atoms with Crippen LogP contribution in [0.2, 0.25) is 0 Å². The van der Waals surface area contributed by atoms with Crippen molar-refractivity contribution in [3.63, 3.8) is 0 Å². The number of aliphatic hydroxyl groups is 1. The van der Waals surface area contributed by atoms with Gasteiger partial charge in [0.1, 0.15) is 0 Å². The maximum atomic E-state index is 12.1. The Morgan fingerprint density at radius 3 is 2.37 bits per heavy atom. The van der Waals surface area contributed by atoms with Gasteiger partial charge in [0.25, 0.3) is 0 Å². The van der Waals surface area contributed by atoms with Crippen molar-refractivity contribution in [1.82, 2.24) is 4.90 Å². The van der Waals surface area contributed by atoms with Gasteiger partial charge >= 0.3 is 0 Å². The molecular weight excluding hydrogens is 240 g/mol. The molecule has 0 saturated heterocycles. The normalized spacial score (nSPS) is 11.4. The van der Waals surface area contributed by atoms with Crippen LogP contribution in [0, 0.1) is 11.3 Å². The summed E-state index contributed by atoms with van der Waals surface area (Å²) in [5.41, 5.74) is 0.314. The van der Waals surface area contributed by atoms with E-state index in [0.717, 1.165) is 0 Å². The van der Waals surface area contributed by atoms with Crippen LogP contribution in [0.5, 0.6) is 0 Å². The molecule has 102 valence electrons. The van der Waals surface area contributed by atoms with Crippen molar-refractivity contribution in [3.8, 4) is 6.07 Å². The Morgan fingerprint density at radius 1 is 1.37 bits per heavy atom. The molecule has 0 amide bonds. The molecule has 0 unspecified atom stereocenters. The molecule has 1 N–H and O–H groups in total. The summed E-state index contributed by atoms with van der Waals surface area (Å²) in [5, 5.41) is 18.5. The third-order valence-corrected chi connectivity index (χ3v) is 2.76. The number of hydrogen-bond acceptors (Lipinski definition) is 4. The molecule has 19 heavy (non-hydrogen) atoms. The fourth-order valence-electron chi connectivity index (χ4n) is 1.85. The van der Waals surface area contributed by atoms with Crippen LogP contribution in [0.1, 0.15) is 36.7 Å². The lowest BCUT2D eigenvalue weighted by Crippen LogP contribution is -2.41. The molecule has 0 atom stereocenters. The second-order valence-corrected chi connectivity index (χ2v) is 5.23. The van der Waals surface area contributed by atoms with Crippen LogP contribution in [0.3, 0.4) is 0 Å². The summed E-state index contributed by atoms with van der Waals surface area (Å²) in [4.78, 5) is 14.0. The SMILES string of the molecule is CCN(CC(=O)c1ccc(C#N)cc1)CC(C)(C)O. The molecule has 0 bridgehead atoms. The van der Waals surface area contributed by atoms with Crippen LogP contribution in [-0.4, -0.2) is 41.0 Å². The molecule has 0 aliphatic carbocycles. The average Bonchev–Trinajstić information content (AvgIpc) is 2.36.